The fraction of sp³-hybridized carbons (Fsp3) is 0.139. The maximum absolute atomic E-state index is 12.5. The van der Waals surface area contributed by atoms with Gasteiger partial charge >= 0.3 is 0 Å². The van der Waals surface area contributed by atoms with Crippen LogP contribution in [-0.4, -0.2) is 27.1 Å². The van der Waals surface area contributed by atoms with Gasteiger partial charge in [-0.25, -0.2) is 0 Å². The highest BCUT2D eigenvalue weighted by Gasteiger charge is 2.25. The lowest BCUT2D eigenvalue weighted by Gasteiger charge is -2.23. The molecule has 0 aromatic heterocycles. The highest BCUT2D eigenvalue weighted by Crippen LogP contribution is 2.43. The Labute approximate surface area is 251 Å². The lowest BCUT2D eigenvalue weighted by atomic mass is 9.93. The molecule has 2 aliphatic rings. The number of nitrogens with zero attached hydrogens (tertiary/aromatic N) is 2. The van der Waals surface area contributed by atoms with E-state index in [1.54, 1.807) is 18.2 Å². The third kappa shape index (κ3) is 5.11. The minimum Gasteiger partial charge on any atom is -0.456 e. The Kier molecular flexibility index (Phi) is 7.16. The molecule has 0 amide bonds. The predicted molar refractivity (Wildman–Crippen MR) is 174 cm³/mol. The van der Waals surface area contributed by atoms with E-state index < -0.39 is 10.1 Å². The number of para-hydroxylation sites is 2. The van der Waals surface area contributed by atoms with Crippen LogP contribution in [-0.2, 0) is 10.1 Å². The zero-order valence-corrected chi connectivity index (χ0v) is 25.6. The van der Waals surface area contributed by atoms with Crippen molar-refractivity contribution in [1.82, 2.24) is 4.58 Å². The van der Waals surface area contributed by atoms with Crippen molar-refractivity contribution in [3.63, 3.8) is 0 Å². The van der Waals surface area contributed by atoms with Crippen LogP contribution in [0.15, 0.2) is 112 Å². The molecule has 0 spiro atoms. The van der Waals surface area contributed by atoms with Crippen molar-refractivity contribution >= 4 is 38.1 Å². The number of hydrogen-bond acceptors (Lipinski definition) is 4. The van der Waals surface area contributed by atoms with E-state index in [-0.39, 0.29) is 4.90 Å². The van der Waals surface area contributed by atoms with Crippen LogP contribution in [0, 0.1) is 20.8 Å². The molecule has 0 fully saturated rings. The summed E-state index contributed by atoms with van der Waals surface area (Å²) < 4.78 is 44.0. The topological polar surface area (TPSA) is 73.8 Å². The lowest BCUT2D eigenvalue weighted by Crippen LogP contribution is -2.22. The Hall–Kier alpha value is -4.72. The predicted octanol–water partition coefficient (Wildman–Crippen LogP) is 7.88. The van der Waals surface area contributed by atoms with Gasteiger partial charge in [-0.1, -0.05) is 54.6 Å². The third-order valence-electron chi connectivity index (χ3n) is 8.15. The van der Waals surface area contributed by atoms with E-state index in [0.717, 1.165) is 50.1 Å². The van der Waals surface area contributed by atoms with Crippen molar-refractivity contribution < 1.29 is 17.4 Å². The summed E-state index contributed by atoms with van der Waals surface area (Å²) >= 11 is 0. The van der Waals surface area contributed by atoms with Gasteiger partial charge in [0.05, 0.1) is 6.07 Å². The number of fused-ring (bicyclic) bond motifs is 2. The van der Waals surface area contributed by atoms with Gasteiger partial charge in [0.1, 0.15) is 23.3 Å². The van der Waals surface area contributed by atoms with E-state index in [1.807, 2.05) is 68.7 Å². The summed E-state index contributed by atoms with van der Waals surface area (Å²) in [6.07, 6.45) is 0. The zero-order chi connectivity index (χ0) is 30.5. The standard InChI is InChI=1S/C36H32N2O4S/c1-23-11-6-8-15-31(23)37(4)26-17-19-28-32(21-26)42-33-22-27(38(5)36-24(2)12-10-13-25(36)3)18-20-29(33)35(28)30-14-7-9-16-34(30)43(39,40)41/h6-22H,1-5H3/p+1. The average Bonchev–Trinajstić information content (AvgIpc) is 2.98. The Morgan fingerprint density at radius 3 is 2.14 bits per heavy atom. The van der Waals surface area contributed by atoms with Gasteiger partial charge in [0.15, 0.2) is 0 Å². The van der Waals surface area contributed by atoms with Crippen molar-refractivity contribution in [2.75, 3.05) is 19.0 Å². The molecule has 4 aromatic rings. The minimum absolute atomic E-state index is 0.151. The first-order valence-corrected chi connectivity index (χ1v) is 15.5. The average molecular weight is 590 g/mol. The Morgan fingerprint density at radius 2 is 1.42 bits per heavy atom. The molecule has 4 aromatic carbocycles. The van der Waals surface area contributed by atoms with Crippen LogP contribution in [0.4, 0.5) is 17.1 Å². The molecule has 1 heterocycles. The third-order valence-corrected chi connectivity index (χ3v) is 9.06. The van der Waals surface area contributed by atoms with Crippen LogP contribution in [0.5, 0.6) is 0 Å². The normalized spacial score (nSPS) is 12.5. The monoisotopic (exact) mass is 589 g/mol. The van der Waals surface area contributed by atoms with E-state index in [1.165, 1.54) is 6.07 Å². The second-order valence-corrected chi connectivity index (χ2v) is 12.3. The number of benzene rings is 5. The van der Waals surface area contributed by atoms with E-state index in [0.29, 0.717) is 22.5 Å². The van der Waals surface area contributed by atoms with Gasteiger partial charge in [-0.15, -0.1) is 0 Å². The second kappa shape index (κ2) is 10.8. The van der Waals surface area contributed by atoms with Crippen molar-refractivity contribution in [3.05, 3.63) is 125 Å². The molecular weight excluding hydrogens is 556 g/mol. The van der Waals surface area contributed by atoms with Crippen molar-refractivity contribution in [1.29, 1.82) is 0 Å². The molecule has 0 radical (unpaired) electrons. The molecule has 216 valence electrons. The van der Waals surface area contributed by atoms with Crippen LogP contribution in [0.3, 0.4) is 0 Å². The first-order valence-electron chi connectivity index (χ1n) is 14.0. The fourth-order valence-corrected chi connectivity index (χ4v) is 6.71. The molecule has 43 heavy (non-hydrogen) atoms. The Morgan fingerprint density at radius 1 is 0.744 bits per heavy atom. The summed E-state index contributed by atoms with van der Waals surface area (Å²) in [7, 11) is -0.456. The second-order valence-electron chi connectivity index (χ2n) is 11.0. The molecule has 7 heteroatoms. The van der Waals surface area contributed by atoms with Crippen molar-refractivity contribution in [3.8, 4) is 22.5 Å². The molecule has 0 saturated heterocycles. The van der Waals surface area contributed by atoms with Crippen LogP contribution in [0.2, 0.25) is 0 Å². The molecule has 0 atom stereocenters. The first-order chi connectivity index (χ1) is 20.5. The molecule has 6 rings (SSSR count). The van der Waals surface area contributed by atoms with Crippen LogP contribution >= 0.6 is 0 Å². The molecule has 6 nitrogen and oxygen atoms in total. The summed E-state index contributed by atoms with van der Waals surface area (Å²) in [5.74, 6) is 0.596. The Bertz CT molecular complexity index is 2160. The number of hydrogen-bond donors (Lipinski definition) is 1. The molecule has 0 unspecified atom stereocenters. The van der Waals surface area contributed by atoms with E-state index >= 15 is 0 Å². The van der Waals surface area contributed by atoms with Gasteiger partial charge in [0.2, 0.25) is 11.0 Å². The quantitative estimate of drug-likeness (QED) is 0.126. The molecule has 0 saturated carbocycles. The molecule has 0 bridgehead atoms. The van der Waals surface area contributed by atoms with Gasteiger partial charge in [0.25, 0.3) is 10.1 Å². The molecule has 1 aliphatic carbocycles. The van der Waals surface area contributed by atoms with E-state index in [2.05, 4.69) is 54.5 Å². The highest BCUT2D eigenvalue weighted by molar-refractivity contribution is 7.86. The van der Waals surface area contributed by atoms with Gasteiger partial charge in [-0.05, 0) is 56.7 Å². The van der Waals surface area contributed by atoms with Crippen LogP contribution < -0.4 is 14.8 Å². The van der Waals surface area contributed by atoms with Crippen molar-refractivity contribution in [2.24, 2.45) is 0 Å². The van der Waals surface area contributed by atoms with Gasteiger partial charge < -0.3 is 9.32 Å². The van der Waals surface area contributed by atoms with Gasteiger partial charge in [0, 0.05) is 63.8 Å². The summed E-state index contributed by atoms with van der Waals surface area (Å²) in [6.45, 7) is 6.26. The van der Waals surface area contributed by atoms with E-state index in [4.69, 9.17) is 4.42 Å². The SMILES string of the molecule is Cc1ccccc1N(C)c1ccc2c(-c3ccccc3S(=O)(=O)O)c3ccc(=[N+](C)c4c(C)cccc4C)cc-3oc2c1. The number of rotatable bonds is 5. The molecular formula is C36H33N2O4S+. The molecule has 1 N–H and O–H groups in total. The van der Waals surface area contributed by atoms with Gasteiger partial charge in [-0.3, -0.25) is 4.55 Å². The zero-order valence-electron chi connectivity index (χ0n) is 24.8. The summed E-state index contributed by atoms with van der Waals surface area (Å²) in [6, 6.07) is 32.8. The maximum Gasteiger partial charge on any atom is 0.295 e. The fourth-order valence-electron chi connectivity index (χ4n) is 6.02. The first kappa shape index (κ1) is 28.4. The van der Waals surface area contributed by atoms with Crippen LogP contribution in [0.1, 0.15) is 16.7 Å². The summed E-state index contributed by atoms with van der Waals surface area (Å²) in [5, 5.41) is 1.66. The number of anilines is 2. The van der Waals surface area contributed by atoms with Gasteiger partial charge in [-0.2, -0.15) is 13.0 Å². The smallest absolute Gasteiger partial charge is 0.295 e. The maximum atomic E-state index is 12.5. The van der Waals surface area contributed by atoms with E-state index in [9.17, 15) is 13.0 Å². The number of aryl methyl sites for hydroxylation is 3. The highest BCUT2D eigenvalue weighted by atomic mass is 32.2. The lowest BCUT2D eigenvalue weighted by molar-refractivity contribution is 0.483. The molecule has 1 aliphatic heterocycles. The minimum atomic E-state index is -4.50. The summed E-state index contributed by atoms with van der Waals surface area (Å²) in [5.41, 5.74) is 8.97. The van der Waals surface area contributed by atoms with Crippen molar-refractivity contribution in [2.45, 2.75) is 25.7 Å². The Balaban J connectivity index is 1.68. The summed E-state index contributed by atoms with van der Waals surface area (Å²) in [4.78, 5) is 1.95. The van der Waals surface area contributed by atoms with Crippen LogP contribution in [0.25, 0.3) is 33.4 Å². The largest absolute Gasteiger partial charge is 0.456 e.